The molecule has 162 valence electrons. The van der Waals surface area contributed by atoms with Gasteiger partial charge in [0.1, 0.15) is 18.8 Å². The fraction of sp³-hybridized carbons (Fsp3) is 0.773. The number of carbonyl (C=O) groups is 3. The van der Waals surface area contributed by atoms with Crippen LogP contribution in [0.3, 0.4) is 0 Å². The first-order valence-corrected chi connectivity index (χ1v) is 10.5. The fourth-order valence-electron chi connectivity index (χ4n) is 5.63. The summed E-state index contributed by atoms with van der Waals surface area (Å²) in [4.78, 5) is 36.8. The molecule has 5 atom stereocenters. The topological polar surface area (TPSA) is 102 Å². The number of hydrogen-bond donors (Lipinski definition) is 2. The lowest BCUT2D eigenvalue weighted by molar-refractivity contribution is -0.173. The zero-order valence-electron chi connectivity index (χ0n) is 18.2. The largest absolute Gasteiger partial charge is 0.460 e. The van der Waals surface area contributed by atoms with Gasteiger partial charge in [-0.25, -0.2) is 9.59 Å². The Hall–Kier alpha value is -1.89. The van der Waals surface area contributed by atoms with Crippen molar-refractivity contribution in [2.45, 2.75) is 79.1 Å². The van der Waals surface area contributed by atoms with Crippen LogP contribution in [0.5, 0.6) is 0 Å². The maximum atomic E-state index is 13.0. The third-order valence-electron chi connectivity index (χ3n) is 7.26. The fourth-order valence-corrected chi connectivity index (χ4v) is 5.63. The number of rotatable bonds is 4. The first-order chi connectivity index (χ1) is 13.4. The number of aliphatic hydroxyl groups is 1. The molecule has 0 bridgehead atoms. The lowest BCUT2D eigenvalue weighted by Gasteiger charge is -2.57. The van der Waals surface area contributed by atoms with Crippen LogP contribution in [-0.2, 0) is 23.9 Å². The monoisotopic (exact) mass is 407 g/mol. The van der Waals surface area contributed by atoms with Gasteiger partial charge in [-0.3, -0.25) is 4.79 Å². The number of ether oxygens (including phenoxy) is 2. The second-order valence-corrected chi connectivity index (χ2v) is 9.93. The third-order valence-corrected chi connectivity index (χ3v) is 7.26. The van der Waals surface area contributed by atoms with E-state index in [0.29, 0.717) is 18.4 Å². The van der Waals surface area contributed by atoms with Gasteiger partial charge in [0.2, 0.25) is 5.91 Å². The van der Waals surface area contributed by atoms with Crippen molar-refractivity contribution in [1.82, 2.24) is 5.32 Å². The van der Waals surface area contributed by atoms with E-state index in [1.165, 1.54) is 6.92 Å². The molecule has 0 aromatic carbocycles. The number of nitrogens with one attached hydrogen (secondary N) is 1. The molecule has 0 aromatic rings. The summed E-state index contributed by atoms with van der Waals surface area (Å²) in [5.74, 6) is -1.30. The summed E-state index contributed by atoms with van der Waals surface area (Å²) < 4.78 is 11.3. The molecule has 1 amide bonds. The minimum Gasteiger partial charge on any atom is -0.460 e. The van der Waals surface area contributed by atoms with E-state index in [4.69, 9.17) is 9.47 Å². The molecule has 7 heteroatoms. The van der Waals surface area contributed by atoms with Crippen molar-refractivity contribution in [2.24, 2.45) is 22.7 Å². The number of hydrogen-bond acceptors (Lipinski definition) is 6. The average Bonchev–Trinajstić information content (AvgIpc) is 3.01. The van der Waals surface area contributed by atoms with Gasteiger partial charge in [-0.05, 0) is 42.1 Å². The molecule has 1 heterocycles. The first kappa shape index (κ1) is 21.8. The number of esters is 2. The lowest BCUT2D eigenvalue weighted by atomic mass is 9.49. The molecule has 0 spiro atoms. The Morgan fingerprint density at radius 3 is 2.52 bits per heavy atom. The standard InChI is InChI=1S/C22H33NO6/c1-11(2)18(23-12(3)24)20(27)29-16-7-8-21(4,5)15-9-14(25)17-13(22(15,16)6)10-28-19(17)26/h11,14-16,18,25H,7-10H2,1-6H3,(H,23,24). The highest BCUT2D eigenvalue weighted by molar-refractivity contribution is 5.93. The van der Waals surface area contributed by atoms with E-state index in [1.54, 1.807) is 0 Å². The molecule has 0 aromatic heterocycles. The highest BCUT2D eigenvalue weighted by Crippen LogP contribution is 2.61. The molecule has 1 saturated carbocycles. The molecule has 7 nitrogen and oxygen atoms in total. The average molecular weight is 408 g/mol. The Bertz CT molecular complexity index is 754. The summed E-state index contributed by atoms with van der Waals surface area (Å²) in [6.45, 7) is 11.6. The van der Waals surface area contributed by atoms with E-state index in [1.807, 2.05) is 20.8 Å². The van der Waals surface area contributed by atoms with Crippen molar-refractivity contribution in [3.8, 4) is 0 Å². The molecule has 3 aliphatic rings. The Balaban J connectivity index is 1.97. The van der Waals surface area contributed by atoms with E-state index in [-0.39, 0.29) is 29.8 Å². The second kappa shape index (κ2) is 7.42. The van der Waals surface area contributed by atoms with Crippen molar-refractivity contribution in [2.75, 3.05) is 6.61 Å². The molecule has 2 aliphatic carbocycles. The predicted molar refractivity (Wildman–Crippen MR) is 106 cm³/mol. The minimum absolute atomic E-state index is 0.0306. The van der Waals surface area contributed by atoms with E-state index in [9.17, 15) is 19.5 Å². The maximum Gasteiger partial charge on any atom is 0.337 e. The summed E-state index contributed by atoms with van der Waals surface area (Å²) in [5, 5.41) is 13.3. The van der Waals surface area contributed by atoms with Gasteiger partial charge in [-0.1, -0.05) is 34.6 Å². The van der Waals surface area contributed by atoms with Gasteiger partial charge in [-0.2, -0.15) is 0 Å². The van der Waals surface area contributed by atoms with Crippen LogP contribution in [-0.4, -0.2) is 47.8 Å². The van der Waals surface area contributed by atoms with E-state index < -0.39 is 35.6 Å². The third kappa shape index (κ3) is 3.58. The predicted octanol–water partition coefficient (Wildman–Crippen LogP) is 2.12. The maximum absolute atomic E-state index is 13.0. The van der Waals surface area contributed by atoms with Crippen LogP contribution < -0.4 is 5.32 Å². The van der Waals surface area contributed by atoms with E-state index >= 15 is 0 Å². The Morgan fingerprint density at radius 1 is 1.28 bits per heavy atom. The van der Waals surface area contributed by atoms with Gasteiger partial charge in [-0.15, -0.1) is 0 Å². The summed E-state index contributed by atoms with van der Waals surface area (Å²) in [7, 11) is 0. The smallest absolute Gasteiger partial charge is 0.337 e. The highest BCUT2D eigenvalue weighted by atomic mass is 16.6. The van der Waals surface area contributed by atoms with Gasteiger partial charge in [0.05, 0.1) is 11.7 Å². The Morgan fingerprint density at radius 2 is 1.93 bits per heavy atom. The number of cyclic esters (lactones) is 1. The molecular weight excluding hydrogens is 374 g/mol. The van der Waals surface area contributed by atoms with Crippen molar-refractivity contribution >= 4 is 17.8 Å². The van der Waals surface area contributed by atoms with Crippen molar-refractivity contribution in [3.05, 3.63) is 11.1 Å². The minimum atomic E-state index is -0.852. The molecule has 0 radical (unpaired) electrons. The van der Waals surface area contributed by atoms with Gasteiger partial charge in [0, 0.05) is 12.3 Å². The van der Waals surface area contributed by atoms with Crippen LogP contribution in [0.2, 0.25) is 0 Å². The number of carbonyl (C=O) groups excluding carboxylic acids is 3. The van der Waals surface area contributed by atoms with Gasteiger partial charge in [0.15, 0.2) is 0 Å². The van der Waals surface area contributed by atoms with Crippen molar-refractivity contribution in [3.63, 3.8) is 0 Å². The normalized spacial score (nSPS) is 34.2. The van der Waals surface area contributed by atoms with Crippen LogP contribution in [0.1, 0.15) is 60.8 Å². The van der Waals surface area contributed by atoms with Crippen molar-refractivity contribution in [1.29, 1.82) is 0 Å². The van der Waals surface area contributed by atoms with Crippen molar-refractivity contribution < 1.29 is 29.0 Å². The highest BCUT2D eigenvalue weighted by Gasteiger charge is 2.61. The second-order valence-electron chi connectivity index (χ2n) is 9.93. The number of aliphatic hydroxyl groups excluding tert-OH is 1. The van der Waals surface area contributed by atoms with Crippen LogP contribution in [0, 0.1) is 22.7 Å². The zero-order chi connectivity index (χ0) is 21.7. The van der Waals surface area contributed by atoms with Gasteiger partial charge >= 0.3 is 11.9 Å². The SMILES string of the molecule is CC(=O)NC(C(=O)OC1CCC(C)(C)C2CC(O)C3=C(COC3=O)C12C)C(C)C. The van der Waals surface area contributed by atoms with Gasteiger partial charge < -0.3 is 19.9 Å². The molecule has 3 rings (SSSR count). The molecule has 5 unspecified atom stereocenters. The molecule has 0 saturated heterocycles. The van der Waals surface area contributed by atoms with Crippen LogP contribution in [0.15, 0.2) is 11.1 Å². The molecule has 2 N–H and O–H groups in total. The zero-order valence-corrected chi connectivity index (χ0v) is 18.2. The van der Waals surface area contributed by atoms with E-state index in [2.05, 4.69) is 19.2 Å². The number of amides is 1. The molecular formula is C22H33NO6. The Labute approximate surface area is 172 Å². The lowest BCUT2D eigenvalue weighted by Crippen LogP contribution is -2.57. The summed E-state index contributed by atoms with van der Waals surface area (Å²) in [6, 6.07) is -0.728. The summed E-state index contributed by atoms with van der Waals surface area (Å²) in [6.07, 6.45) is 0.620. The van der Waals surface area contributed by atoms with Crippen LogP contribution in [0.4, 0.5) is 0 Å². The Kier molecular flexibility index (Phi) is 5.58. The molecule has 1 fully saturated rings. The van der Waals surface area contributed by atoms with Crippen LogP contribution >= 0.6 is 0 Å². The van der Waals surface area contributed by atoms with E-state index in [0.717, 1.165) is 12.0 Å². The quantitative estimate of drug-likeness (QED) is 0.692. The number of fused-ring (bicyclic) bond motifs is 2. The summed E-state index contributed by atoms with van der Waals surface area (Å²) >= 11 is 0. The first-order valence-electron chi connectivity index (χ1n) is 10.5. The van der Waals surface area contributed by atoms with Crippen LogP contribution in [0.25, 0.3) is 0 Å². The van der Waals surface area contributed by atoms with Gasteiger partial charge in [0.25, 0.3) is 0 Å². The summed E-state index contributed by atoms with van der Waals surface area (Å²) in [5.41, 5.74) is 0.413. The molecule has 1 aliphatic heterocycles. The molecule has 29 heavy (non-hydrogen) atoms.